The summed E-state index contributed by atoms with van der Waals surface area (Å²) in [4.78, 5) is 16.2. The predicted octanol–water partition coefficient (Wildman–Crippen LogP) is 1.98. The van der Waals surface area contributed by atoms with E-state index in [9.17, 15) is 13.2 Å². The van der Waals surface area contributed by atoms with Crippen LogP contribution in [0.25, 0.3) is 0 Å². The molecule has 2 aromatic rings. The maximum Gasteiger partial charge on any atom is 0.251 e. The van der Waals surface area contributed by atoms with Crippen molar-refractivity contribution in [3.63, 3.8) is 0 Å². The van der Waals surface area contributed by atoms with Gasteiger partial charge in [-0.2, -0.15) is 0 Å². The number of sulfone groups is 1. The largest absolute Gasteiger partial charge is 0.346 e. The van der Waals surface area contributed by atoms with Gasteiger partial charge in [0.1, 0.15) is 0 Å². The van der Waals surface area contributed by atoms with Crippen LogP contribution in [0.1, 0.15) is 28.9 Å². The fourth-order valence-electron chi connectivity index (χ4n) is 1.88. The normalized spacial score (nSPS) is 12.7. The lowest BCUT2D eigenvalue weighted by atomic mass is 10.1. The molecule has 0 bridgehead atoms. The second kappa shape index (κ2) is 6.05. The first kappa shape index (κ1) is 15.2. The summed E-state index contributed by atoms with van der Waals surface area (Å²) in [5, 5.41) is 2.83. The second-order valence-electron chi connectivity index (χ2n) is 4.78. The number of hydrogen-bond acceptors (Lipinski definition) is 4. The smallest absolute Gasteiger partial charge is 0.251 e. The zero-order chi connectivity index (χ0) is 15.5. The van der Waals surface area contributed by atoms with E-state index in [4.69, 9.17) is 0 Å². The summed E-state index contributed by atoms with van der Waals surface area (Å²) < 4.78 is 23.1. The molecule has 1 atom stereocenters. The van der Waals surface area contributed by atoms with E-state index in [1.54, 1.807) is 49.6 Å². The van der Waals surface area contributed by atoms with Crippen molar-refractivity contribution in [1.82, 2.24) is 10.3 Å². The molecule has 1 aromatic heterocycles. The Morgan fingerprint density at radius 3 is 2.48 bits per heavy atom. The standard InChI is InChI=1S/C15H16N2O3S/c1-11(17-15(18)12-6-8-16-9-7-12)13-4-3-5-14(10-13)21(2,19)20/h3-11H,1-2H3,(H,17,18)/t11-/m0/s1. The van der Waals surface area contributed by atoms with Gasteiger partial charge in [0.25, 0.3) is 5.91 Å². The molecule has 1 N–H and O–H groups in total. The van der Waals surface area contributed by atoms with Gasteiger partial charge in [-0.3, -0.25) is 9.78 Å². The minimum atomic E-state index is -3.26. The van der Waals surface area contributed by atoms with Crippen molar-refractivity contribution in [2.75, 3.05) is 6.26 Å². The summed E-state index contributed by atoms with van der Waals surface area (Å²) in [5.74, 6) is -0.227. The van der Waals surface area contributed by atoms with Crippen molar-refractivity contribution in [3.05, 3.63) is 59.9 Å². The quantitative estimate of drug-likeness (QED) is 0.937. The minimum Gasteiger partial charge on any atom is -0.346 e. The van der Waals surface area contributed by atoms with Crippen LogP contribution >= 0.6 is 0 Å². The number of nitrogens with zero attached hydrogens (tertiary/aromatic N) is 1. The third-order valence-electron chi connectivity index (χ3n) is 3.08. The number of aromatic nitrogens is 1. The van der Waals surface area contributed by atoms with Gasteiger partial charge in [0, 0.05) is 24.2 Å². The molecule has 2 rings (SSSR count). The first-order valence-electron chi connectivity index (χ1n) is 6.39. The number of rotatable bonds is 4. The van der Waals surface area contributed by atoms with E-state index in [0.717, 1.165) is 11.8 Å². The molecule has 0 saturated carbocycles. The molecule has 0 saturated heterocycles. The molecule has 21 heavy (non-hydrogen) atoms. The van der Waals surface area contributed by atoms with E-state index in [1.165, 1.54) is 6.07 Å². The number of nitrogens with one attached hydrogen (secondary N) is 1. The summed E-state index contributed by atoms with van der Waals surface area (Å²) in [7, 11) is -3.26. The Balaban J connectivity index is 2.18. The maximum atomic E-state index is 12.1. The topological polar surface area (TPSA) is 76.1 Å². The van der Waals surface area contributed by atoms with Crippen LogP contribution in [0.4, 0.5) is 0 Å². The van der Waals surface area contributed by atoms with Gasteiger partial charge in [-0.25, -0.2) is 8.42 Å². The van der Waals surface area contributed by atoms with E-state index >= 15 is 0 Å². The molecule has 6 heteroatoms. The van der Waals surface area contributed by atoms with Crippen LogP contribution in [-0.2, 0) is 9.84 Å². The summed E-state index contributed by atoms with van der Waals surface area (Å²) in [6, 6.07) is 9.51. The first-order chi connectivity index (χ1) is 9.88. The Bertz CT molecular complexity index is 743. The Kier molecular flexibility index (Phi) is 4.37. The molecule has 0 unspecified atom stereocenters. The molecule has 1 heterocycles. The highest BCUT2D eigenvalue weighted by molar-refractivity contribution is 7.90. The van der Waals surface area contributed by atoms with Crippen LogP contribution in [0.3, 0.4) is 0 Å². The van der Waals surface area contributed by atoms with Crippen LogP contribution in [0, 0.1) is 0 Å². The molecule has 5 nitrogen and oxygen atoms in total. The van der Waals surface area contributed by atoms with E-state index in [1.807, 2.05) is 0 Å². The predicted molar refractivity (Wildman–Crippen MR) is 79.7 cm³/mol. The zero-order valence-electron chi connectivity index (χ0n) is 11.8. The highest BCUT2D eigenvalue weighted by Crippen LogP contribution is 2.17. The van der Waals surface area contributed by atoms with Crippen LogP contribution in [0.2, 0.25) is 0 Å². The lowest BCUT2D eigenvalue weighted by Crippen LogP contribution is -2.26. The van der Waals surface area contributed by atoms with Gasteiger partial charge < -0.3 is 5.32 Å². The van der Waals surface area contributed by atoms with E-state index in [-0.39, 0.29) is 16.8 Å². The van der Waals surface area contributed by atoms with E-state index in [0.29, 0.717) is 5.56 Å². The number of hydrogen-bond donors (Lipinski definition) is 1. The van der Waals surface area contributed by atoms with Gasteiger partial charge in [0.15, 0.2) is 9.84 Å². The fourth-order valence-corrected chi connectivity index (χ4v) is 2.56. The second-order valence-corrected chi connectivity index (χ2v) is 6.79. The molecule has 0 aliphatic heterocycles. The Morgan fingerprint density at radius 1 is 1.19 bits per heavy atom. The summed E-state index contributed by atoms with van der Waals surface area (Å²) >= 11 is 0. The number of carbonyl (C=O) groups excluding carboxylic acids is 1. The number of pyridine rings is 1. The molecule has 0 radical (unpaired) electrons. The van der Waals surface area contributed by atoms with Crippen molar-refractivity contribution in [2.24, 2.45) is 0 Å². The molecule has 0 aliphatic rings. The van der Waals surface area contributed by atoms with Crippen molar-refractivity contribution in [1.29, 1.82) is 0 Å². The molecule has 1 amide bonds. The molecular weight excluding hydrogens is 288 g/mol. The molecule has 0 aliphatic carbocycles. The first-order valence-corrected chi connectivity index (χ1v) is 8.28. The Morgan fingerprint density at radius 2 is 1.86 bits per heavy atom. The van der Waals surface area contributed by atoms with Crippen LogP contribution in [0.5, 0.6) is 0 Å². The van der Waals surface area contributed by atoms with Gasteiger partial charge in [-0.1, -0.05) is 12.1 Å². The van der Waals surface area contributed by atoms with Gasteiger partial charge >= 0.3 is 0 Å². The van der Waals surface area contributed by atoms with Crippen LogP contribution in [0.15, 0.2) is 53.7 Å². The van der Waals surface area contributed by atoms with E-state index < -0.39 is 9.84 Å². The third kappa shape index (κ3) is 3.88. The number of amides is 1. The lowest BCUT2D eigenvalue weighted by Gasteiger charge is -2.15. The highest BCUT2D eigenvalue weighted by Gasteiger charge is 2.14. The highest BCUT2D eigenvalue weighted by atomic mass is 32.2. The average Bonchev–Trinajstić information content (AvgIpc) is 2.47. The minimum absolute atomic E-state index is 0.227. The van der Waals surface area contributed by atoms with Crippen molar-refractivity contribution in [3.8, 4) is 0 Å². The zero-order valence-corrected chi connectivity index (χ0v) is 12.6. The van der Waals surface area contributed by atoms with Crippen molar-refractivity contribution >= 4 is 15.7 Å². The molecule has 0 spiro atoms. The molecule has 1 aromatic carbocycles. The van der Waals surface area contributed by atoms with Gasteiger partial charge in [-0.15, -0.1) is 0 Å². The molecular formula is C15H16N2O3S. The van der Waals surface area contributed by atoms with Gasteiger partial charge in [0.2, 0.25) is 0 Å². The summed E-state index contributed by atoms with van der Waals surface area (Å²) in [5.41, 5.74) is 1.25. The van der Waals surface area contributed by atoms with Crippen LogP contribution < -0.4 is 5.32 Å². The fraction of sp³-hybridized carbons (Fsp3) is 0.200. The van der Waals surface area contributed by atoms with Crippen molar-refractivity contribution in [2.45, 2.75) is 17.9 Å². The SMILES string of the molecule is C[C@H](NC(=O)c1ccncc1)c1cccc(S(C)(=O)=O)c1. The Labute approximate surface area is 124 Å². The number of carbonyl (C=O) groups is 1. The van der Waals surface area contributed by atoms with Crippen LogP contribution in [-0.4, -0.2) is 25.6 Å². The average molecular weight is 304 g/mol. The van der Waals surface area contributed by atoms with E-state index in [2.05, 4.69) is 10.3 Å². The van der Waals surface area contributed by atoms with Gasteiger partial charge in [-0.05, 0) is 36.8 Å². The summed E-state index contributed by atoms with van der Waals surface area (Å²) in [6.45, 7) is 1.81. The Hall–Kier alpha value is -2.21. The van der Waals surface area contributed by atoms with Gasteiger partial charge in [0.05, 0.1) is 10.9 Å². The number of benzene rings is 1. The lowest BCUT2D eigenvalue weighted by molar-refractivity contribution is 0.0939. The molecule has 110 valence electrons. The third-order valence-corrected chi connectivity index (χ3v) is 4.19. The maximum absolute atomic E-state index is 12.1. The summed E-state index contributed by atoms with van der Waals surface area (Å²) in [6.07, 6.45) is 4.25. The van der Waals surface area contributed by atoms with Crippen molar-refractivity contribution < 1.29 is 13.2 Å². The monoisotopic (exact) mass is 304 g/mol. The molecule has 0 fully saturated rings.